The number of hydrogen-bond donors (Lipinski definition) is 1. The first kappa shape index (κ1) is 22.5. The largest absolute Gasteiger partial charge is 0.378 e. The molecule has 0 spiro atoms. The molecule has 1 saturated heterocycles. The Bertz CT molecular complexity index is 1480. The lowest BCUT2D eigenvalue weighted by atomic mass is 10.1. The van der Waals surface area contributed by atoms with Gasteiger partial charge in [0.05, 0.1) is 18.9 Å². The molecule has 8 heteroatoms. The van der Waals surface area contributed by atoms with Crippen LogP contribution in [-0.2, 0) is 18.3 Å². The molecule has 2 fully saturated rings. The Morgan fingerprint density at radius 3 is 2.61 bits per heavy atom. The maximum Gasteiger partial charge on any atom is 0.293 e. The number of benzene rings is 2. The van der Waals surface area contributed by atoms with Crippen molar-refractivity contribution < 1.29 is 9.53 Å². The van der Waals surface area contributed by atoms with Crippen molar-refractivity contribution in [3.63, 3.8) is 0 Å². The molecule has 0 unspecified atom stereocenters. The molecule has 1 N–H and O–H groups in total. The lowest BCUT2D eigenvalue weighted by Crippen LogP contribution is -2.40. The van der Waals surface area contributed by atoms with Gasteiger partial charge in [0, 0.05) is 66.8 Å². The summed E-state index contributed by atoms with van der Waals surface area (Å²) in [5.41, 5.74) is 4.00. The van der Waals surface area contributed by atoms with E-state index in [0.717, 1.165) is 29.1 Å². The van der Waals surface area contributed by atoms with Crippen molar-refractivity contribution in [3.05, 3.63) is 76.8 Å². The van der Waals surface area contributed by atoms with Crippen LogP contribution in [0.3, 0.4) is 0 Å². The summed E-state index contributed by atoms with van der Waals surface area (Å²) in [4.78, 5) is 32.1. The summed E-state index contributed by atoms with van der Waals surface area (Å²) in [5, 5.41) is 4.29. The number of ether oxygens (including phenoxy) is 1. The van der Waals surface area contributed by atoms with E-state index in [1.807, 2.05) is 12.1 Å². The zero-order valence-corrected chi connectivity index (χ0v) is 20.3. The summed E-state index contributed by atoms with van der Waals surface area (Å²) < 4.78 is 9.21. The Hall–Kier alpha value is -3.91. The zero-order chi connectivity index (χ0) is 24.6. The second-order valence-electron chi connectivity index (χ2n) is 9.65. The smallest absolute Gasteiger partial charge is 0.293 e. The fourth-order valence-corrected chi connectivity index (χ4v) is 4.78. The van der Waals surface area contributed by atoms with Gasteiger partial charge in [0.15, 0.2) is 5.82 Å². The third-order valence-electron chi connectivity index (χ3n) is 7.01. The first-order valence-electron chi connectivity index (χ1n) is 12.5. The van der Waals surface area contributed by atoms with E-state index in [1.54, 1.807) is 47.0 Å². The Labute approximate surface area is 209 Å². The second kappa shape index (κ2) is 9.28. The monoisotopic (exact) mass is 483 g/mol. The van der Waals surface area contributed by atoms with Gasteiger partial charge >= 0.3 is 0 Å². The van der Waals surface area contributed by atoms with E-state index in [4.69, 9.17) is 9.72 Å². The van der Waals surface area contributed by atoms with Crippen molar-refractivity contribution in [2.75, 3.05) is 31.6 Å². The fraction of sp³-hybridized carbons (Fsp3) is 0.321. The van der Waals surface area contributed by atoms with Crippen molar-refractivity contribution in [3.8, 4) is 11.3 Å². The van der Waals surface area contributed by atoms with Crippen LogP contribution in [0.2, 0.25) is 0 Å². The van der Waals surface area contributed by atoms with Crippen LogP contribution in [0.4, 0.5) is 11.5 Å². The minimum Gasteiger partial charge on any atom is -0.378 e. The van der Waals surface area contributed by atoms with Gasteiger partial charge in [0.1, 0.15) is 0 Å². The lowest BCUT2D eigenvalue weighted by Gasteiger charge is -2.26. The van der Waals surface area contributed by atoms with Crippen LogP contribution < -0.4 is 10.9 Å². The molecule has 184 valence electrons. The highest BCUT2D eigenvalue weighted by Gasteiger charge is 2.23. The topological polar surface area (TPSA) is 81.4 Å². The maximum absolute atomic E-state index is 12.9. The maximum atomic E-state index is 12.9. The fourth-order valence-electron chi connectivity index (χ4n) is 4.78. The summed E-state index contributed by atoms with van der Waals surface area (Å²) in [5.74, 6) is 1.02. The number of morpholine rings is 1. The van der Waals surface area contributed by atoms with E-state index in [-0.39, 0.29) is 17.3 Å². The molecule has 1 amide bonds. The molecule has 0 bridgehead atoms. The van der Waals surface area contributed by atoms with Crippen molar-refractivity contribution in [2.45, 2.75) is 19.4 Å². The minimum absolute atomic E-state index is 0.0115. The van der Waals surface area contributed by atoms with Crippen molar-refractivity contribution >= 4 is 28.3 Å². The van der Waals surface area contributed by atoms with E-state index in [1.165, 1.54) is 18.4 Å². The molecule has 3 heterocycles. The van der Waals surface area contributed by atoms with Crippen LogP contribution >= 0.6 is 0 Å². The van der Waals surface area contributed by atoms with Gasteiger partial charge < -0.3 is 24.1 Å². The number of aryl methyl sites for hydroxylation is 1. The third kappa shape index (κ3) is 4.40. The minimum atomic E-state index is -0.217. The van der Waals surface area contributed by atoms with E-state index in [2.05, 4.69) is 28.2 Å². The molecule has 0 radical (unpaired) electrons. The van der Waals surface area contributed by atoms with Gasteiger partial charge in [-0.1, -0.05) is 12.1 Å². The number of amides is 1. The molecule has 1 aliphatic carbocycles. The van der Waals surface area contributed by atoms with Crippen LogP contribution in [0.25, 0.3) is 22.2 Å². The predicted molar refractivity (Wildman–Crippen MR) is 140 cm³/mol. The predicted octanol–water partition coefficient (Wildman–Crippen LogP) is 4.03. The van der Waals surface area contributed by atoms with Gasteiger partial charge in [0.25, 0.3) is 11.5 Å². The van der Waals surface area contributed by atoms with Gasteiger partial charge in [-0.25, -0.2) is 4.98 Å². The van der Waals surface area contributed by atoms with E-state index < -0.39 is 0 Å². The number of carbonyl (C=O) groups excluding carboxylic acids is 1. The molecular weight excluding hydrogens is 454 g/mol. The molecular formula is C28H29N5O3. The lowest BCUT2D eigenvalue weighted by molar-refractivity contribution is 0.0303. The number of hydrogen-bond acceptors (Lipinski definition) is 5. The van der Waals surface area contributed by atoms with E-state index in [0.29, 0.717) is 37.6 Å². The second-order valence-corrected chi connectivity index (χ2v) is 9.65. The highest BCUT2D eigenvalue weighted by molar-refractivity contribution is 5.95. The van der Waals surface area contributed by atoms with Crippen LogP contribution in [0.15, 0.2) is 65.7 Å². The number of aromatic nitrogens is 3. The summed E-state index contributed by atoms with van der Waals surface area (Å²) in [6.07, 6.45) is 6.54. The van der Waals surface area contributed by atoms with E-state index in [9.17, 15) is 9.59 Å². The zero-order valence-electron chi connectivity index (χ0n) is 20.3. The number of rotatable bonds is 6. The highest BCUT2D eigenvalue weighted by atomic mass is 16.5. The van der Waals surface area contributed by atoms with Gasteiger partial charge in [0.2, 0.25) is 0 Å². The Morgan fingerprint density at radius 2 is 1.86 bits per heavy atom. The summed E-state index contributed by atoms with van der Waals surface area (Å²) in [6.45, 7) is 3.38. The number of nitrogens with one attached hydrogen (secondary N) is 1. The number of anilines is 2. The average Bonchev–Trinajstić information content (AvgIpc) is 3.64. The first-order chi connectivity index (χ1) is 17.6. The summed E-state index contributed by atoms with van der Waals surface area (Å²) in [7, 11) is 1.74. The number of carbonyl (C=O) groups is 1. The quantitative estimate of drug-likeness (QED) is 0.448. The average molecular weight is 484 g/mol. The van der Waals surface area contributed by atoms with Crippen LogP contribution in [0, 0.1) is 5.92 Å². The Balaban J connectivity index is 1.27. The van der Waals surface area contributed by atoms with Crippen LogP contribution in [-0.4, -0.2) is 51.2 Å². The summed E-state index contributed by atoms with van der Waals surface area (Å²) in [6, 6.07) is 15.5. The molecule has 1 aliphatic heterocycles. The van der Waals surface area contributed by atoms with Crippen molar-refractivity contribution in [1.29, 1.82) is 0 Å². The molecule has 36 heavy (non-hydrogen) atoms. The van der Waals surface area contributed by atoms with Gasteiger partial charge in [-0.05, 0) is 55.2 Å². The van der Waals surface area contributed by atoms with Crippen LogP contribution in [0.5, 0.6) is 0 Å². The number of fused-ring (bicyclic) bond motifs is 1. The van der Waals surface area contributed by atoms with Crippen molar-refractivity contribution in [2.24, 2.45) is 13.0 Å². The first-order valence-corrected chi connectivity index (χ1v) is 12.5. The molecule has 2 aliphatic rings. The normalized spacial score (nSPS) is 15.9. The third-order valence-corrected chi connectivity index (χ3v) is 7.01. The van der Waals surface area contributed by atoms with E-state index >= 15 is 0 Å². The molecule has 0 atom stereocenters. The van der Waals surface area contributed by atoms with Crippen molar-refractivity contribution in [1.82, 2.24) is 19.0 Å². The molecule has 8 nitrogen and oxygen atoms in total. The van der Waals surface area contributed by atoms with Crippen LogP contribution in [0.1, 0.15) is 23.2 Å². The standard InChI is InChI=1S/C28H29N5O3/c1-31-18-24(22-3-2-4-25-23(22)11-12-33(25)17-19-5-6-19)30-26(28(31)35)29-21-9-7-20(8-10-21)27(34)32-13-15-36-16-14-32/h2-4,7-12,18-19H,5-6,13-17H2,1H3,(H,29,30). The highest BCUT2D eigenvalue weighted by Crippen LogP contribution is 2.34. The van der Waals surface area contributed by atoms with Gasteiger partial charge in [-0.2, -0.15) is 0 Å². The SMILES string of the molecule is Cn1cc(-c2cccc3c2ccn3CC2CC2)nc(Nc2ccc(C(=O)N3CCOCC3)cc2)c1=O. The van der Waals surface area contributed by atoms with Gasteiger partial charge in [-0.15, -0.1) is 0 Å². The molecule has 4 aromatic rings. The van der Waals surface area contributed by atoms with Gasteiger partial charge in [-0.3, -0.25) is 9.59 Å². The molecule has 2 aromatic carbocycles. The Morgan fingerprint density at radius 1 is 1.08 bits per heavy atom. The summed E-state index contributed by atoms with van der Waals surface area (Å²) >= 11 is 0. The number of nitrogens with zero attached hydrogens (tertiary/aromatic N) is 4. The molecule has 6 rings (SSSR count). The molecule has 1 saturated carbocycles. The Kier molecular flexibility index (Phi) is 5.81. The molecule has 2 aromatic heterocycles.